The Hall–Kier alpha value is -0.570. The van der Waals surface area contributed by atoms with E-state index in [1.807, 2.05) is 0 Å². The van der Waals surface area contributed by atoms with Gasteiger partial charge in [-0.1, -0.05) is 12.8 Å². The summed E-state index contributed by atoms with van der Waals surface area (Å²) in [6, 6.07) is 0. The van der Waals surface area contributed by atoms with Gasteiger partial charge < -0.3 is 9.47 Å². The lowest BCUT2D eigenvalue weighted by atomic mass is 10.1. The molecule has 2 aliphatic rings. The molecule has 3 nitrogen and oxygen atoms in total. The summed E-state index contributed by atoms with van der Waals surface area (Å²) >= 11 is 0. The number of carbonyl (C=O) groups is 1. The second kappa shape index (κ2) is 3.44. The number of ether oxygens (including phenoxy) is 2. The fourth-order valence-electron chi connectivity index (χ4n) is 1.94. The molecule has 12 heavy (non-hydrogen) atoms. The molecule has 0 spiro atoms. The average Bonchev–Trinajstić information content (AvgIpc) is 2.28. The lowest BCUT2D eigenvalue weighted by molar-refractivity contribution is -0.183. The first-order chi connectivity index (χ1) is 5.86. The largest absolute Gasteiger partial charge is 0.458 e. The van der Waals surface area contributed by atoms with Crippen molar-refractivity contribution in [2.45, 2.75) is 44.3 Å². The van der Waals surface area contributed by atoms with Gasteiger partial charge in [0.2, 0.25) is 0 Å². The van der Waals surface area contributed by atoms with Crippen LogP contribution in [0.3, 0.4) is 0 Å². The van der Waals surface area contributed by atoms with Crippen molar-refractivity contribution in [2.24, 2.45) is 0 Å². The van der Waals surface area contributed by atoms with Crippen LogP contribution < -0.4 is 0 Å². The monoisotopic (exact) mass is 170 g/mol. The molecular formula is C9H14O3. The molecule has 0 aromatic rings. The van der Waals surface area contributed by atoms with E-state index in [9.17, 15) is 4.79 Å². The Balaban J connectivity index is 1.99. The molecule has 0 radical (unpaired) electrons. The summed E-state index contributed by atoms with van der Waals surface area (Å²) in [6.07, 6.45) is 5.89. The van der Waals surface area contributed by atoms with Gasteiger partial charge in [-0.05, 0) is 19.3 Å². The maximum Gasteiger partial charge on any atom is 0.332 e. The molecule has 1 aliphatic carbocycles. The molecule has 2 rings (SSSR count). The van der Waals surface area contributed by atoms with Gasteiger partial charge in [-0.25, -0.2) is 4.79 Å². The van der Waals surface area contributed by atoms with Gasteiger partial charge in [0, 0.05) is 0 Å². The first-order valence-electron chi connectivity index (χ1n) is 4.67. The van der Waals surface area contributed by atoms with Crippen molar-refractivity contribution in [1.82, 2.24) is 0 Å². The summed E-state index contributed by atoms with van der Waals surface area (Å²) in [6.45, 7) is 0.154. The highest BCUT2D eigenvalue weighted by molar-refractivity contribution is 5.71. The summed E-state index contributed by atoms with van der Waals surface area (Å²) in [5.41, 5.74) is 0. The normalized spacial score (nSPS) is 36.5. The van der Waals surface area contributed by atoms with E-state index in [1.54, 1.807) is 0 Å². The zero-order valence-corrected chi connectivity index (χ0v) is 7.12. The highest BCUT2D eigenvalue weighted by atomic mass is 16.6. The van der Waals surface area contributed by atoms with Gasteiger partial charge in [-0.3, -0.25) is 0 Å². The molecule has 1 heterocycles. The lowest BCUT2D eigenvalue weighted by Crippen LogP contribution is -2.40. The summed E-state index contributed by atoms with van der Waals surface area (Å²) in [7, 11) is 0. The molecule has 1 saturated heterocycles. The van der Waals surface area contributed by atoms with Crippen molar-refractivity contribution in [2.75, 3.05) is 6.61 Å². The van der Waals surface area contributed by atoms with Gasteiger partial charge in [-0.2, -0.15) is 0 Å². The molecule has 3 heteroatoms. The fraction of sp³-hybridized carbons (Fsp3) is 0.889. The van der Waals surface area contributed by atoms with Gasteiger partial charge >= 0.3 is 5.97 Å². The molecular weight excluding hydrogens is 156 g/mol. The third kappa shape index (κ3) is 1.61. The molecule has 0 N–H and O–H groups in total. The van der Waals surface area contributed by atoms with Gasteiger partial charge in [-0.15, -0.1) is 0 Å². The Kier molecular flexibility index (Phi) is 2.30. The van der Waals surface area contributed by atoms with E-state index in [-0.39, 0.29) is 24.8 Å². The first kappa shape index (κ1) is 8.05. The maximum atomic E-state index is 10.9. The number of esters is 1. The topological polar surface area (TPSA) is 35.5 Å². The molecule has 2 fully saturated rings. The SMILES string of the molecule is O=C1CO[C@@H]2CCCCC[C@@H]2O1. The highest BCUT2D eigenvalue weighted by Gasteiger charge is 2.32. The molecule has 0 amide bonds. The molecule has 1 aliphatic heterocycles. The summed E-state index contributed by atoms with van der Waals surface area (Å²) < 4.78 is 10.6. The second-order valence-electron chi connectivity index (χ2n) is 3.52. The maximum absolute atomic E-state index is 10.9. The van der Waals surface area contributed by atoms with Gasteiger partial charge in [0.1, 0.15) is 12.7 Å². The number of hydrogen-bond donors (Lipinski definition) is 0. The van der Waals surface area contributed by atoms with Crippen LogP contribution in [0, 0.1) is 0 Å². The van der Waals surface area contributed by atoms with Crippen molar-refractivity contribution in [3.63, 3.8) is 0 Å². The van der Waals surface area contributed by atoms with E-state index in [2.05, 4.69) is 0 Å². The Morgan fingerprint density at radius 3 is 2.67 bits per heavy atom. The predicted octanol–water partition coefficient (Wildman–Crippen LogP) is 1.26. The van der Waals surface area contributed by atoms with Gasteiger partial charge in [0.25, 0.3) is 0 Å². The van der Waals surface area contributed by atoms with Crippen LogP contribution in [0.25, 0.3) is 0 Å². The smallest absolute Gasteiger partial charge is 0.332 e. The molecule has 1 saturated carbocycles. The minimum absolute atomic E-state index is 0.0498. The van der Waals surface area contributed by atoms with Crippen LogP contribution >= 0.6 is 0 Å². The lowest BCUT2D eigenvalue weighted by Gasteiger charge is -2.29. The standard InChI is InChI=1S/C9H14O3/c10-9-6-11-7-4-2-1-3-5-8(7)12-9/h7-8H,1-6H2/t7-,8+/m1/s1. The van der Waals surface area contributed by atoms with E-state index < -0.39 is 0 Å². The number of hydrogen-bond acceptors (Lipinski definition) is 3. The average molecular weight is 170 g/mol. The zero-order chi connectivity index (χ0) is 8.39. The fourth-order valence-corrected chi connectivity index (χ4v) is 1.94. The van der Waals surface area contributed by atoms with Crippen molar-refractivity contribution in [3.8, 4) is 0 Å². The molecule has 0 aromatic heterocycles. The molecule has 2 atom stereocenters. The summed E-state index contributed by atoms with van der Waals surface area (Å²) in [5.74, 6) is -0.196. The minimum Gasteiger partial charge on any atom is -0.458 e. The molecule has 0 bridgehead atoms. The second-order valence-corrected chi connectivity index (χ2v) is 3.52. The third-order valence-electron chi connectivity index (χ3n) is 2.59. The Labute approximate surface area is 72.0 Å². The predicted molar refractivity (Wildman–Crippen MR) is 42.7 cm³/mol. The van der Waals surface area contributed by atoms with Crippen LogP contribution in [0.4, 0.5) is 0 Å². The number of fused-ring (bicyclic) bond motifs is 1. The van der Waals surface area contributed by atoms with Crippen molar-refractivity contribution in [1.29, 1.82) is 0 Å². The van der Waals surface area contributed by atoms with Crippen molar-refractivity contribution >= 4 is 5.97 Å². The molecule has 0 aromatic carbocycles. The molecule has 68 valence electrons. The first-order valence-corrected chi connectivity index (χ1v) is 4.67. The van der Waals surface area contributed by atoms with Crippen LogP contribution in [0.15, 0.2) is 0 Å². The van der Waals surface area contributed by atoms with E-state index >= 15 is 0 Å². The minimum atomic E-state index is -0.196. The molecule has 0 unspecified atom stereocenters. The van der Waals surface area contributed by atoms with Crippen molar-refractivity contribution < 1.29 is 14.3 Å². The van der Waals surface area contributed by atoms with Crippen LogP contribution in [0.5, 0.6) is 0 Å². The van der Waals surface area contributed by atoms with Gasteiger partial charge in [0.15, 0.2) is 0 Å². The Bertz CT molecular complexity index is 179. The van der Waals surface area contributed by atoms with Crippen LogP contribution in [0.2, 0.25) is 0 Å². The zero-order valence-electron chi connectivity index (χ0n) is 7.12. The number of rotatable bonds is 0. The van der Waals surface area contributed by atoms with Gasteiger partial charge in [0.05, 0.1) is 6.10 Å². The van der Waals surface area contributed by atoms with Crippen LogP contribution in [-0.2, 0) is 14.3 Å². The third-order valence-corrected chi connectivity index (χ3v) is 2.59. The van der Waals surface area contributed by atoms with E-state index in [1.165, 1.54) is 12.8 Å². The van der Waals surface area contributed by atoms with Crippen molar-refractivity contribution in [3.05, 3.63) is 0 Å². The van der Waals surface area contributed by atoms with E-state index in [0.29, 0.717) is 0 Å². The highest BCUT2D eigenvalue weighted by Crippen LogP contribution is 2.25. The summed E-state index contributed by atoms with van der Waals surface area (Å²) in [4.78, 5) is 10.9. The summed E-state index contributed by atoms with van der Waals surface area (Å²) in [5, 5.41) is 0. The van der Waals surface area contributed by atoms with Crippen LogP contribution in [0.1, 0.15) is 32.1 Å². The van der Waals surface area contributed by atoms with E-state index in [4.69, 9.17) is 9.47 Å². The Morgan fingerprint density at radius 2 is 1.83 bits per heavy atom. The van der Waals surface area contributed by atoms with E-state index in [0.717, 1.165) is 19.3 Å². The number of carbonyl (C=O) groups excluding carboxylic acids is 1. The quantitative estimate of drug-likeness (QED) is 0.513. The Morgan fingerprint density at radius 1 is 1.08 bits per heavy atom. The van der Waals surface area contributed by atoms with Crippen LogP contribution in [-0.4, -0.2) is 24.8 Å².